The van der Waals surface area contributed by atoms with Crippen LogP contribution >= 0.6 is 0 Å². The lowest BCUT2D eigenvalue weighted by molar-refractivity contribution is -0.0641. The van der Waals surface area contributed by atoms with Crippen molar-refractivity contribution in [1.82, 2.24) is 4.31 Å². The van der Waals surface area contributed by atoms with Crippen LogP contribution in [0.2, 0.25) is 0 Å². The van der Waals surface area contributed by atoms with Crippen LogP contribution < -0.4 is 4.74 Å². The Hall–Kier alpha value is -2.95. The molecule has 3 rings (SSSR count). The first kappa shape index (κ1) is 20.8. The van der Waals surface area contributed by atoms with Crippen LogP contribution in [0.1, 0.15) is 11.1 Å². The zero-order valence-corrected chi connectivity index (χ0v) is 15.9. The van der Waals surface area contributed by atoms with Crippen molar-refractivity contribution in [3.63, 3.8) is 0 Å². The number of aliphatic hydroxyl groups excluding tert-OH is 1. The van der Waals surface area contributed by atoms with Gasteiger partial charge >= 0.3 is 0 Å². The third-order valence-electron chi connectivity index (χ3n) is 4.69. The van der Waals surface area contributed by atoms with E-state index in [0.29, 0.717) is 0 Å². The van der Waals surface area contributed by atoms with Crippen LogP contribution in [0.3, 0.4) is 0 Å². The summed E-state index contributed by atoms with van der Waals surface area (Å²) in [6, 6.07) is 11.1. The number of hydrogen-bond acceptors (Lipinski definition) is 6. The maximum atomic E-state index is 13.8. The zero-order chi connectivity index (χ0) is 21.2. The van der Waals surface area contributed by atoms with Gasteiger partial charge in [-0.15, -0.1) is 6.42 Å². The van der Waals surface area contributed by atoms with Gasteiger partial charge in [-0.25, -0.2) is 12.8 Å². The molecule has 0 saturated carbocycles. The van der Waals surface area contributed by atoms with E-state index in [1.165, 1.54) is 30.3 Å². The predicted molar refractivity (Wildman–Crippen MR) is 101 cm³/mol. The Labute approximate surface area is 167 Å². The van der Waals surface area contributed by atoms with Gasteiger partial charge in [0.1, 0.15) is 29.3 Å². The van der Waals surface area contributed by atoms with Gasteiger partial charge in [-0.05, 0) is 24.3 Å². The molecule has 0 amide bonds. The van der Waals surface area contributed by atoms with E-state index in [9.17, 15) is 23.0 Å². The molecule has 9 heteroatoms. The Morgan fingerprint density at radius 3 is 2.66 bits per heavy atom. The van der Waals surface area contributed by atoms with Gasteiger partial charge in [0.15, 0.2) is 0 Å². The minimum Gasteiger partial charge on any atom is -0.486 e. The lowest BCUT2D eigenvalue weighted by atomic mass is 10.0. The number of benzene rings is 2. The van der Waals surface area contributed by atoms with E-state index in [4.69, 9.17) is 16.4 Å². The first-order chi connectivity index (χ1) is 13.7. The average molecular weight is 416 g/mol. The van der Waals surface area contributed by atoms with Crippen LogP contribution in [0.5, 0.6) is 5.75 Å². The summed E-state index contributed by atoms with van der Waals surface area (Å²) in [6.45, 7) is -1.51. The largest absolute Gasteiger partial charge is 0.486 e. The number of halogens is 1. The van der Waals surface area contributed by atoms with Crippen LogP contribution in [-0.2, 0) is 10.0 Å². The van der Waals surface area contributed by atoms with Gasteiger partial charge in [0.05, 0.1) is 23.6 Å². The molecular weight excluding hydrogens is 399 g/mol. The Balaban J connectivity index is 1.91. The standard InChI is InChI=1S/C20H17FN2O5S/c1-2-14-5-3-4-6-18(14)29(26,27)23-11-19(20(25,12-23)13-24)28-16-8-7-15(10-22)17(21)9-16/h1,3-9,19,24-25H,11-13H2/t19-,20+/m0/s1. The molecule has 0 aliphatic carbocycles. The number of sulfonamides is 1. The van der Waals surface area contributed by atoms with E-state index >= 15 is 0 Å². The van der Waals surface area contributed by atoms with Crippen LogP contribution in [0.15, 0.2) is 47.4 Å². The fourth-order valence-electron chi connectivity index (χ4n) is 3.08. The molecule has 0 radical (unpaired) electrons. The molecule has 1 aliphatic heterocycles. The molecular formula is C20H17FN2O5S. The third kappa shape index (κ3) is 3.82. The molecule has 29 heavy (non-hydrogen) atoms. The van der Waals surface area contributed by atoms with Gasteiger partial charge < -0.3 is 14.9 Å². The van der Waals surface area contributed by atoms with Gasteiger partial charge in [0, 0.05) is 18.2 Å². The van der Waals surface area contributed by atoms with E-state index in [0.717, 1.165) is 10.4 Å². The van der Waals surface area contributed by atoms with Crippen molar-refractivity contribution < 1.29 is 27.8 Å². The zero-order valence-electron chi connectivity index (χ0n) is 15.1. The van der Waals surface area contributed by atoms with Gasteiger partial charge in [0.25, 0.3) is 0 Å². The van der Waals surface area contributed by atoms with Crippen LogP contribution in [0.4, 0.5) is 4.39 Å². The summed E-state index contributed by atoms with van der Waals surface area (Å²) in [5.74, 6) is 1.48. The molecule has 0 aromatic heterocycles. The van der Waals surface area contributed by atoms with Crippen LogP contribution in [0.25, 0.3) is 0 Å². The quantitative estimate of drug-likeness (QED) is 0.700. The molecule has 1 aliphatic rings. The molecule has 0 spiro atoms. The van der Waals surface area contributed by atoms with Crippen molar-refractivity contribution in [2.24, 2.45) is 0 Å². The lowest BCUT2D eigenvalue weighted by Crippen LogP contribution is -2.48. The molecule has 1 heterocycles. The van der Waals surface area contributed by atoms with Crippen molar-refractivity contribution in [2.75, 3.05) is 19.7 Å². The topological polar surface area (TPSA) is 111 Å². The maximum absolute atomic E-state index is 13.8. The van der Waals surface area contributed by atoms with E-state index in [2.05, 4.69) is 5.92 Å². The molecule has 2 N–H and O–H groups in total. The molecule has 1 fully saturated rings. The number of terminal acetylenes is 1. The summed E-state index contributed by atoms with van der Waals surface area (Å²) in [4.78, 5) is -0.104. The lowest BCUT2D eigenvalue weighted by Gasteiger charge is -2.27. The Kier molecular flexibility index (Phi) is 5.60. The smallest absolute Gasteiger partial charge is 0.244 e. The highest BCUT2D eigenvalue weighted by Crippen LogP contribution is 2.32. The van der Waals surface area contributed by atoms with E-state index in [1.54, 1.807) is 12.1 Å². The molecule has 2 aromatic carbocycles. The molecule has 150 valence electrons. The van der Waals surface area contributed by atoms with Crippen LogP contribution in [-0.4, -0.2) is 54.3 Å². The van der Waals surface area contributed by atoms with E-state index in [-0.39, 0.29) is 28.3 Å². The molecule has 0 bridgehead atoms. The third-order valence-corrected chi connectivity index (χ3v) is 6.56. The van der Waals surface area contributed by atoms with Gasteiger partial charge in [-0.2, -0.15) is 9.57 Å². The van der Waals surface area contributed by atoms with E-state index < -0.39 is 40.7 Å². The summed E-state index contributed by atoms with van der Waals surface area (Å²) >= 11 is 0. The van der Waals surface area contributed by atoms with Crippen molar-refractivity contribution in [3.8, 4) is 24.2 Å². The number of rotatable bonds is 5. The summed E-state index contributed by atoms with van der Waals surface area (Å²) in [5, 5.41) is 29.2. The summed E-state index contributed by atoms with van der Waals surface area (Å²) in [5.41, 5.74) is -1.93. The predicted octanol–water partition coefficient (Wildman–Crippen LogP) is 0.854. The first-order valence-electron chi connectivity index (χ1n) is 8.50. The minimum absolute atomic E-state index is 0.0124. The number of ether oxygens (including phenoxy) is 1. The second kappa shape index (κ2) is 7.82. The Morgan fingerprint density at radius 1 is 1.31 bits per heavy atom. The fraction of sp³-hybridized carbons (Fsp3) is 0.250. The SMILES string of the molecule is C#Cc1ccccc1S(=O)(=O)N1C[C@H](Oc2ccc(C#N)c(F)c2)[C@](O)(CO)C1. The summed E-state index contributed by atoms with van der Waals surface area (Å²) in [6.07, 6.45) is 4.21. The average Bonchev–Trinajstić information content (AvgIpc) is 3.06. The van der Waals surface area contributed by atoms with Gasteiger partial charge in [-0.3, -0.25) is 0 Å². The maximum Gasteiger partial charge on any atom is 0.244 e. The number of aliphatic hydroxyl groups is 2. The number of nitrogens with zero attached hydrogens (tertiary/aromatic N) is 2. The minimum atomic E-state index is -4.08. The van der Waals surface area contributed by atoms with Crippen LogP contribution in [0, 0.1) is 29.5 Å². The molecule has 2 aromatic rings. The van der Waals surface area contributed by atoms with Crippen molar-refractivity contribution >= 4 is 10.0 Å². The molecule has 0 unspecified atom stereocenters. The molecule has 1 saturated heterocycles. The van der Waals surface area contributed by atoms with E-state index in [1.807, 2.05) is 0 Å². The normalized spacial score (nSPS) is 22.0. The summed E-state index contributed by atoms with van der Waals surface area (Å²) in [7, 11) is -4.08. The Morgan fingerprint density at radius 2 is 2.03 bits per heavy atom. The number of nitriles is 1. The number of β-amino-alcohol motifs (C(OH)–C–C–N with tert-alkyl or cyclic N) is 1. The molecule has 7 nitrogen and oxygen atoms in total. The fourth-order valence-corrected chi connectivity index (χ4v) is 4.74. The van der Waals surface area contributed by atoms with Gasteiger partial charge in [-0.1, -0.05) is 18.1 Å². The molecule has 2 atom stereocenters. The van der Waals surface area contributed by atoms with Crippen molar-refractivity contribution in [2.45, 2.75) is 16.6 Å². The number of hydrogen-bond donors (Lipinski definition) is 2. The second-order valence-corrected chi connectivity index (χ2v) is 8.47. The Bertz CT molecular complexity index is 1120. The summed E-state index contributed by atoms with van der Waals surface area (Å²) < 4.78 is 46.4. The highest BCUT2D eigenvalue weighted by Gasteiger charge is 2.51. The van der Waals surface area contributed by atoms with Crippen molar-refractivity contribution in [3.05, 3.63) is 59.4 Å². The van der Waals surface area contributed by atoms with Crippen molar-refractivity contribution in [1.29, 1.82) is 5.26 Å². The monoisotopic (exact) mass is 416 g/mol. The second-order valence-electron chi connectivity index (χ2n) is 6.56. The van der Waals surface area contributed by atoms with Gasteiger partial charge in [0.2, 0.25) is 10.0 Å². The highest BCUT2D eigenvalue weighted by molar-refractivity contribution is 7.89. The highest BCUT2D eigenvalue weighted by atomic mass is 32.2. The first-order valence-corrected chi connectivity index (χ1v) is 9.94.